The summed E-state index contributed by atoms with van der Waals surface area (Å²) in [5, 5.41) is 1.08. The highest BCUT2D eigenvalue weighted by atomic mass is 16.1. The lowest BCUT2D eigenvalue weighted by atomic mass is 9.86. The number of amides is 1. The number of nitrogens with zero attached hydrogens (tertiary/aromatic N) is 3. The van der Waals surface area contributed by atoms with Gasteiger partial charge in [-0.25, -0.2) is 0 Å². The van der Waals surface area contributed by atoms with Crippen LogP contribution in [0.4, 0.5) is 0 Å². The predicted molar refractivity (Wildman–Crippen MR) is 128 cm³/mol. The van der Waals surface area contributed by atoms with E-state index < -0.39 is 5.41 Å². The van der Waals surface area contributed by atoms with E-state index in [2.05, 4.69) is 66.4 Å². The second kappa shape index (κ2) is 8.30. The van der Waals surface area contributed by atoms with E-state index >= 15 is 0 Å². The molecule has 4 atom stereocenters. The molecule has 1 aliphatic carbocycles. The number of para-hydroxylation sites is 1. The topological polar surface area (TPSA) is 62.5 Å². The molecule has 1 saturated heterocycles. The molecule has 1 aliphatic heterocycles. The van der Waals surface area contributed by atoms with Gasteiger partial charge in [0.05, 0.1) is 16.6 Å². The maximum absolute atomic E-state index is 12.9. The van der Waals surface area contributed by atoms with Crippen molar-refractivity contribution in [3.63, 3.8) is 0 Å². The fraction of sp³-hybridized carbons (Fsp3) is 0.407. The number of likely N-dealkylation sites (N-methyl/N-ethyl adjacent to an activating group) is 1. The number of rotatable bonds is 7. The molecule has 0 radical (unpaired) electrons. The standard InChI is InChI=1S/C27H32N4O/c1-30(2)21-14-15-31(17-21)18-22(19-8-4-3-5-9-19)23-16-27(23,26(28)32)25-13-12-20-10-6-7-11-24(20)29-25/h3-13,21-23H,14-18H2,1-2H3,(H2,28,32)/t21-,22+,23?,27?/m0/s1. The van der Waals surface area contributed by atoms with Crippen LogP contribution in [0.5, 0.6) is 0 Å². The fourth-order valence-electron chi connectivity index (χ4n) is 5.64. The Bertz CT molecular complexity index is 1110. The Morgan fingerprint density at radius 1 is 1.12 bits per heavy atom. The molecule has 2 N–H and O–H groups in total. The molecule has 2 fully saturated rings. The van der Waals surface area contributed by atoms with Crippen LogP contribution in [0.15, 0.2) is 66.7 Å². The highest BCUT2D eigenvalue weighted by Gasteiger charge is 2.64. The summed E-state index contributed by atoms with van der Waals surface area (Å²) in [6, 6.07) is 23.4. The number of aromatic nitrogens is 1. The van der Waals surface area contributed by atoms with E-state index in [1.807, 2.05) is 24.3 Å². The van der Waals surface area contributed by atoms with E-state index in [9.17, 15) is 4.79 Å². The van der Waals surface area contributed by atoms with Crippen LogP contribution < -0.4 is 5.73 Å². The number of likely N-dealkylation sites (tertiary alicyclic amines) is 1. The predicted octanol–water partition coefficient (Wildman–Crippen LogP) is 3.40. The summed E-state index contributed by atoms with van der Waals surface area (Å²) in [7, 11) is 4.32. The molecule has 1 aromatic heterocycles. The SMILES string of the molecule is CN(C)[C@H]1CCN(C[C@H](c2ccccc2)C2CC2(C(N)=O)c2ccc3ccccc3n2)C1. The number of benzene rings is 2. The molecule has 0 spiro atoms. The summed E-state index contributed by atoms with van der Waals surface area (Å²) in [5.41, 5.74) is 8.42. The van der Waals surface area contributed by atoms with Crippen LogP contribution in [0.2, 0.25) is 0 Å². The third kappa shape index (κ3) is 3.70. The van der Waals surface area contributed by atoms with Gasteiger partial charge in [0.1, 0.15) is 0 Å². The Hall–Kier alpha value is -2.76. The van der Waals surface area contributed by atoms with Crippen molar-refractivity contribution in [1.29, 1.82) is 0 Å². The number of hydrogen-bond donors (Lipinski definition) is 1. The van der Waals surface area contributed by atoms with Gasteiger partial charge in [0.15, 0.2) is 0 Å². The van der Waals surface area contributed by atoms with Crippen LogP contribution in [-0.2, 0) is 10.2 Å². The summed E-state index contributed by atoms with van der Waals surface area (Å²) < 4.78 is 0. The lowest BCUT2D eigenvalue weighted by molar-refractivity contribution is -0.121. The first-order chi connectivity index (χ1) is 15.5. The second-order valence-electron chi connectivity index (χ2n) is 9.72. The second-order valence-corrected chi connectivity index (χ2v) is 9.72. The number of nitrogens with two attached hydrogens (primary N) is 1. The molecule has 5 rings (SSSR count). The van der Waals surface area contributed by atoms with E-state index in [-0.39, 0.29) is 17.7 Å². The van der Waals surface area contributed by atoms with Crippen LogP contribution >= 0.6 is 0 Å². The Morgan fingerprint density at radius 3 is 2.59 bits per heavy atom. The summed E-state index contributed by atoms with van der Waals surface area (Å²) in [6.45, 7) is 3.11. The lowest BCUT2D eigenvalue weighted by Gasteiger charge is -2.27. The van der Waals surface area contributed by atoms with Crippen LogP contribution in [0.1, 0.15) is 30.0 Å². The highest BCUT2D eigenvalue weighted by Crippen LogP contribution is 2.60. The van der Waals surface area contributed by atoms with E-state index in [1.54, 1.807) is 0 Å². The minimum atomic E-state index is -0.689. The molecule has 5 nitrogen and oxygen atoms in total. The van der Waals surface area contributed by atoms with Gasteiger partial charge in [0.25, 0.3) is 0 Å². The number of hydrogen-bond acceptors (Lipinski definition) is 4. The van der Waals surface area contributed by atoms with Gasteiger partial charge in [0, 0.05) is 30.4 Å². The van der Waals surface area contributed by atoms with Crippen molar-refractivity contribution in [2.45, 2.75) is 30.2 Å². The summed E-state index contributed by atoms with van der Waals surface area (Å²) in [4.78, 5) is 22.7. The zero-order chi connectivity index (χ0) is 22.3. The number of carbonyl (C=O) groups is 1. The first-order valence-electron chi connectivity index (χ1n) is 11.6. The molecule has 1 saturated carbocycles. The fourth-order valence-corrected chi connectivity index (χ4v) is 5.64. The molecule has 3 aromatic rings. The molecule has 32 heavy (non-hydrogen) atoms. The third-order valence-electron chi connectivity index (χ3n) is 7.66. The molecule has 1 amide bonds. The van der Waals surface area contributed by atoms with E-state index in [4.69, 9.17) is 10.7 Å². The molecule has 0 bridgehead atoms. The van der Waals surface area contributed by atoms with Gasteiger partial charge in [-0.1, -0.05) is 54.6 Å². The number of fused-ring (bicyclic) bond motifs is 1. The zero-order valence-corrected chi connectivity index (χ0v) is 18.9. The van der Waals surface area contributed by atoms with Crippen molar-refractivity contribution in [3.8, 4) is 0 Å². The van der Waals surface area contributed by atoms with Crippen molar-refractivity contribution in [3.05, 3.63) is 78.0 Å². The smallest absolute Gasteiger partial charge is 0.230 e. The van der Waals surface area contributed by atoms with E-state index in [0.29, 0.717) is 6.04 Å². The third-order valence-corrected chi connectivity index (χ3v) is 7.66. The quantitative estimate of drug-likeness (QED) is 0.627. The van der Waals surface area contributed by atoms with Crippen LogP contribution in [-0.4, -0.2) is 60.5 Å². The Labute approximate surface area is 190 Å². The van der Waals surface area contributed by atoms with Gasteiger partial charge in [-0.15, -0.1) is 0 Å². The lowest BCUT2D eigenvalue weighted by Crippen LogP contribution is -2.36. The van der Waals surface area contributed by atoms with Crippen molar-refractivity contribution in [1.82, 2.24) is 14.8 Å². The number of carbonyl (C=O) groups excluding carboxylic acids is 1. The van der Waals surface area contributed by atoms with Crippen LogP contribution in [0, 0.1) is 5.92 Å². The molecular weight excluding hydrogens is 396 g/mol. The average molecular weight is 429 g/mol. The molecule has 2 aliphatic rings. The van der Waals surface area contributed by atoms with Gasteiger partial charge >= 0.3 is 0 Å². The molecule has 2 heterocycles. The maximum atomic E-state index is 12.9. The van der Waals surface area contributed by atoms with E-state index in [1.165, 1.54) is 12.0 Å². The van der Waals surface area contributed by atoms with Crippen molar-refractivity contribution in [2.75, 3.05) is 33.7 Å². The van der Waals surface area contributed by atoms with Gasteiger partial charge in [-0.05, 0) is 57.1 Å². The number of pyridine rings is 1. The minimum Gasteiger partial charge on any atom is -0.369 e. The zero-order valence-electron chi connectivity index (χ0n) is 18.9. The van der Waals surface area contributed by atoms with Gasteiger partial charge in [-0.3, -0.25) is 9.78 Å². The Kier molecular flexibility index (Phi) is 5.48. The minimum absolute atomic E-state index is 0.162. The molecule has 2 aromatic carbocycles. The summed E-state index contributed by atoms with van der Waals surface area (Å²) in [5.74, 6) is 0.158. The Balaban J connectivity index is 1.48. The summed E-state index contributed by atoms with van der Waals surface area (Å²) >= 11 is 0. The van der Waals surface area contributed by atoms with E-state index in [0.717, 1.165) is 42.7 Å². The van der Waals surface area contributed by atoms with Crippen molar-refractivity contribution >= 4 is 16.8 Å². The van der Waals surface area contributed by atoms with Gasteiger partial charge < -0.3 is 15.5 Å². The monoisotopic (exact) mass is 428 g/mol. The molecule has 5 heteroatoms. The van der Waals surface area contributed by atoms with Gasteiger partial charge in [0.2, 0.25) is 5.91 Å². The van der Waals surface area contributed by atoms with Crippen LogP contribution in [0.25, 0.3) is 10.9 Å². The molecular formula is C27H32N4O. The first kappa shape index (κ1) is 21.1. The van der Waals surface area contributed by atoms with Crippen molar-refractivity contribution in [2.24, 2.45) is 11.7 Å². The Morgan fingerprint density at radius 2 is 1.88 bits per heavy atom. The van der Waals surface area contributed by atoms with Crippen LogP contribution in [0.3, 0.4) is 0 Å². The molecule has 166 valence electrons. The average Bonchev–Trinajstić information content (AvgIpc) is 3.39. The first-order valence-corrected chi connectivity index (χ1v) is 11.6. The maximum Gasteiger partial charge on any atom is 0.230 e. The van der Waals surface area contributed by atoms with Crippen molar-refractivity contribution < 1.29 is 4.79 Å². The number of primary amides is 1. The summed E-state index contributed by atoms with van der Waals surface area (Å²) in [6.07, 6.45) is 1.95. The highest BCUT2D eigenvalue weighted by molar-refractivity contribution is 5.91. The van der Waals surface area contributed by atoms with Gasteiger partial charge in [-0.2, -0.15) is 0 Å². The largest absolute Gasteiger partial charge is 0.369 e. The molecule has 2 unspecified atom stereocenters. The normalized spacial score (nSPS) is 26.5.